The number of urea groups is 1. The van der Waals surface area contributed by atoms with E-state index >= 15 is 0 Å². The highest BCUT2D eigenvalue weighted by Crippen LogP contribution is 2.40. The molecule has 4 heterocycles. The van der Waals surface area contributed by atoms with Crippen LogP contribution in [0.2, 0.25) is 0 Å². The fourth-order valence-corrected chi connectivity index (χ4v) is 3.93. The highest BCUT2D eigenvalue weighted by molar-refractivity contribution is 6.27. The van der Waals surface area contributed by atoms with Gasteiger partial charge in [-0.3, -0.25) is 19.5 Å². The number of pyridine rings is 2. The average molecular weight is 513 g/mol. The molecule has 0 aliphatic carbocycles. The van der Waals surface area contributed by atoms with E-state index in [0.717, 1.165) is 22.1 Å². The molecule has 0 unspecified atom stereocenters. The first-order valence-electron chi connectivity index (χ1n) is 11.0. The van der Waals surface area contributed by atoms with Crippen LogP contribution in [0.1, 0.15) is 18.1 Å². The summed E-state index contributed by atoms with van der Waals surface area (Å²) in [5.41, 5.74) is -0.286. The number of ether oxygens (including phenoxy) is 2. The summed E-state index contributed by atoms with van der Waals surface area (Å²) in [6.07, 6.45) is -0.994. The molecular weight excluding hydrogens is 495 g/mol. The van der Waals surface area contributed by atoms with Gasteiger partial charge in [-0.2, -0.15) is 13.2 Å². The summed E-state index contributed by atoms with van der Waals surface area (Å²) in [4.78, 5) is 46.8. The molecule has 0 saturated carbocycles. The Hall–Kier alpha value is -4.68. The van der Waals surface area contributed by atoms with E-state index in [9.17, 15) is 27.6 Å². The van der Waals surface area contributed by atoms with Crippen molar-refractivity contribution < 1.29 is 37.0 Å². The molecule has 2 aliphatic heterocycles. The van der Waals surface area contributed by atoms with Crippen molar-refractivity contribution in [3.8, 4) is 17.2 Å². The first-order chi connectivity index (χ1) is 17.7. The molecule has 1 aromatic carbocycles. The van der Waals surface area contributed by atoms with Crippen LogP contribution in [0.3, 0.4) is 0 Å². The number of hydrogen-bond acceptors (Lipinski definition) is 7. The van der Waals surface area contributed by atoms with Gasteiger partial charge < -0.3 is 14.8 Å². The molecule has 37 heavy (non-hydrogen) atoms. The fraction of sp³-hybridized carbons (Fsp3) is 0.208. The zero-order valence-corrected chi connectivity index (χ0v) is 19.2. The summed E-state index contributed by atoms with van der Waals surface area (Å²) >= 11 is 0. The van der Waals surface area contributed by atoms with Gasteiger partial charge in [0.25, 0.3) is 11.8 Å². The number of aryl methyl sites for hydroxylation is 1. The lowest BCUT2D eigenvalue weighted by atomic mass is 10.1. The van der Waals surface area contributed by atoms with Gasteiger partial charge in [-0.15, -0.1) is 0 Å². The van der Waals surface area contributed by atoms with Crippen molar-refractivity contribution in [2.45, 2.75) is 19.5 Å². The van der Waals surface area contributed by atoms with Crippen LogP contribution in [0, 0.1) is 0 Å². The number of amides is 4. The lowest BCUT2D eigenvalue weighted by Crippen LogP contribution is -2.33. The van der Waals surface area contributed by atoms with Crippen molar-refractivity contribution in [1.82, 2.24) is 9.97 Å². The Kier molecular flexibility index (Phi) is 5.90. The van der Waals surface area contributed by atoms with Crippen molar-refractivity contribution in [1.29, 1.82) is 0 Å². The van der Waals surface area contributed by atoms with Gasteiger partial charge >= 0.3 is 12.2 Å². The topological polar surface area (TPSA) is 114 Å². The summed E-state index contributed by atoms with van der Waals surface area (Å²) in [6.45, 7) is 1.22. The summed E-state index contributed by atoms with van der Waals surface area (Å²) in [5.74, 6) is 0.266. The van der Waals surface area contributed by atoms with Crippen molar-refractivity contribution in [3.63, 3.8) is 0 Å². The number of imide groups is 1. The monoisotopic (exact) mass is 513 g/mol. The van der Waals surface area contributed by atoms with Gasteiger partial charge in [0.2, 0.25) is 5.75 Å². The average Bonchev–Trinajstić information content (AvgIpc) is 3.17. The number of carbonyl (C=O) groups excluding carboxylic acids is 3. The Morgan fingerprint density at radius 1 is 1.08 bits per heavy atom. The molecule has 1 fully saturated rings. The maximum Gasteiger partial charge on any atom is 0.417 e. The number of carbonyl (C=O) groups is 3. The van der Waals surface area contributed by atoms with E-state index < -0.39 is 30.2 Å². The second-order valence-electron chi connectivity index (χ2n) is 8.10. The van der Waals surface area contributed by atoms with E-state index in [0.29, 0.717) is 29.7 Å². The molecule has 2 aromatic heterocycles. The van der Waals surface area contributed by atoms with Gasteiger partial charge in [-0.25, -0.2) is 14.7 Å². The third-order valence-electron chi connectivity index (χ3n) is 5.70. The van der Waals surface area contributed by atoms with Gasteiger partial charge in [-0.05, 0) is 36.2 Å². The van der Waals surface area contributed by atoms with E-state index in [1.54, 1.807) is 18.2 Å². The Morgan fingerprint density at radius 2 is 1.89 bits per heavy atom. The molecule has 3 aromatic rings. The lowest BCUT2D eigenvalue weighted by Gasteiger charge is -2.21. The second-order valence-corrected chi connectivity index (χ2v) is 8.10. The van der Waals surface area contributed by atoms with Crippen LogP contribution in [0.4, 0.5) is 35.2 Å². The number of rotatable bonds is 5. The van der Waals surface area contributed by atoms with Gasteiger partial charge in [0.15, 0.2) is 18.2 Å². The zero-order chi connectivity index (χ0) is 26.3. The number of alkyl halides is 3. The smallest absolute Gasteiger partial charge is 0.417 e. The number of benzene rings is 1. The SMILES string of the molecule is CCc1cc(N2C(=O)CN(c3cncc(C(F)(F)F)c3)C2=O)ccc1Oc1ccnc2c1OCC(=O)N2. The van der Waals surface area contributed by atoms with Crippen LogP contribution in [-0.4, -0.2) is 41.0 Å². The largest absolute Gasteiger partial charge is 0.476 e. The third-order valence-corrected chi connectivity index (χ3v) is 5.70. The van der Waals surface area contributed by atoms with Crippen LogP contribution >= 0.6 is 0 Å². The number of fused-ring (bicyclic) bond motifs is 1. The van der Waals surface area contributed by atoms with Crippen molar-refractivity contribution in [2.75, 3.05) is 28.3 Å². The minimum absolute atomic E-state index is 0.138. The van der Waals surface area contributed by atoms with Crippen LogP contribution in [0.25, 0.3) is 0 Å². The zero-order valence-electron chi connectivity index (χ0n) is 19.2. The Morgan fingerprint density at radius 3 is 2.65 bits per heavy atom. The predicted molar refractivity (Wildman–Crippen MR) is 124 cm³/mol. The highest BCUT2D eigenvalue weighted by Gasteiger charge is 2.40. The maximum absolute atomic E-state index is 13.1. The molecule has 0 radical (unpaired) electrons. The van der Waals surface area contributed by atoms with Crippen molar-refractivity contribution in [3.05, 3.63) is 60.0 Å². The maximum atomic E-state index is 13.1. The van der Waals surface area contributed by atoms with Crippen molar-refractivity contribution in [2.24, 2.45) is 0 Å². The summed E-state index contributed by atoms with van der Waals surface area (Å²) in [7, 11) is 0. The third kappa shape index (κ3) is 4.50. The molecule has 0 bridgehead atoms. The fourth-order valence-electron chi connectivity index (χ4n) is 3.93. The summed E-state index contributed by atoms with van der Waals surface area (Å²) < 4.78 is 50.7. The molecule has 0 spiro atoms. The number of aromatic nitrogens is 2. The Bertz CT molecular complexity index is 1430. The minimum atomic E-state index is -4.65. The van der Waals surface area contributed by atoms with E-state index in [1.807, 2.05) is 6.92 Å². The number of anilines is 3. The first-order valence-corrected chi connectivity index (χ1v) is 11.0. The molecule has 190 valence electrons. The van der Waals surface area contributed by atoms with Gasteiger partial charge in [-0.1, -0.05) is 6.92 Å². The molecule has 1 N–H and O–H groups in total. The first kappa shape index (κ1) is 24.0. The summed E-state index contributed by atoms with van der Waals surface area (Å²) in [6, 6.07) is 6.20. The van der Waals surface area contributed by atoms with Gasteiger partial charge in [0.05, 0.1) is 23.1 Å². The number of nitrogens with one attached hydrogen (secondary N) is 1. The standard InChI is InChI=1S/C24H18F3N5O5/c1-2-13-7-15(3-4-17(13)37-18-5-6-29-22-21(18)36-12-19(33)30-22)32-20(34)11-31(23(32)35)16-8-14(9-28-10-16)24(25,26)27/h3-10H,2,11-12H2,1H3,(H,29,30,33). The van der Waals surface area contributed by atoms with Gasteiger partial charge in [0, 0.05) is 18.5 Å². The molecule has 13 heteroatoms. The minimum Gasteiger partial charge on any atom is -0.476 e. The number of hydrogen-bond donors (Lipinski definition) is 1. The van der Waals surface area contributed by atoms with E-state index in [4.69, 9.17) is 9.47 Å². The molecule has 10 nitrogen and oxygen atoms in total. The second kappa shape index (κ2) is 9.08. The Balaban J connectivity index is 1.42. The molecule has 0 atom stereocenters. The highest BCUT2D eigenvalue weighted by atomic mass is 19.4. The number of halogens is 3. The van der Waals surface area contributed by atoms with Crippen LogP contribution in [0.5, 0.6) is 17.2 Å². The van der Waals surface area contributed by atoms with E-state index in [2.05, 4.69) is 15.3 Å². The summed E-state index contributed by atoms with van der Waals surface area (Å²) in [5, 5.41) is 2.59. The lowest BCUT2D eigenvalue weighted by molar-refractivity contribution is -0.137. The van der Waals surface area contributed by atoms with Crippen molar-refractivity contribution >= 4 is 35.0 Å². The quantitative estimate of drug-likeness (QED) is 0.510. The van der Waals surface area contributed by atoms with Gasteiger partial charge in [0.1, 0.15) is 12.3 Å². The normalized spacial score (nSPS) is 15.4. The number of nitrogens with zero attached hydrogens (tertiary/aromatic N) is 4. The molecule has 4 amide bonds. The predicted octanol–water partition coefficient (Wildman–Crippen LogP) is 4.15. The molecular formula is C24H18F3N5O5. The molecule has 5 rings (SSSR count). The van der Waals surface area contributed by atoms with E-state index in [1.165, 1.54) is 12.3 Å². The van der Waals surface area contributed by atoms with Crippen LogP contribution in [0.15, 0.2) is 48.9 Å². The Labute approximate surface area is 207 Å². The van der Waals surface area contributed by atoms with Crippen LogP contribution < -0.4 is 24.6 Å². The van der Waals surface area contributed by atoms with E-state index in [-0.39, 0.29) is 35.5 Å². The van der Waals surface area contributed by atoms with Crippen LogP contribution in [-0.2, 0) is 22.2 Å². The molecule has 2 aliphatic rings. The molecule has 1 saturated heterocycles.